The van der Waals surface area contributed by atoms with E-state index in [1.54, 1.807) is 0 Å². The molecule has 0 bridgehead atoms. The highest BCUT2D eigenvalue weighted by molar-refractivity contribution is 7.90. The topological polar surface area (TPSA) is 77.9 Å². The molecule has 0 rings (SSSR count). The minimum absolute atomic E-state index is 0.320. The summed E-state index contributed by atoms with van der Waals surface area (Å²) in [5, 5.41) is 7.40. The summed E-state index contributed by atoms with van der Waals surface area (Å²) in [6.45, 7) is 4.32. The second-order valence-electron chi connectivity index (χ2n) is 4.23. The van der Waals surface area contributed by atoms with E-state index >= 15 is 0 Å². The number of hydrogen-bond acceptors (Lipinski definition) is 4. The molecule has 0 aliphatic rings. The van der Waals surface area contributed by atoms with Crippen molar-refractivity contribution in [3.05, 3.63) is 0 Å². The first kappa shape index (κ1) is 16.3. The molecule has 1 N–H and O–H groups in total. The van der Waals surface area contributed by atoms with Gasteiger partial charge in [0.25, 0.3) is 0 Å². The minimum Gasteiger partial charge on any atom is -0.480 e. The van der Waals surface area contributed by atoms with Crippen molar-refractivity contribution in [1.29, 1.82) is 0 Å². The van der Waals surface area contributed by atoms with Crippen LogP contribution >= 0.6 is 0 Å². The first-order valence-corrected chi connectivity index (χ1v) is 7.10. The molecule has 0 heterocycles. The van der Waals surface area contributed by atoms with E-state index in [1.807, 2.05) is 25.9 Å². The molecule has 0 saturated heterocycles. The van der Waals surface area contributed by atoms with Crippen LogP contribution in [0.25, 0.3) is 0 Å². The lowest BCUT2D eigenvalue weighted by Gasteiger charge is -2.25. The number of nitrogens with zero attached hydrogens (tertiary/aromatic N) is 2. The number of hydrogen-bond donors (Lipinski definition) is 1. The number of carboxylic acids is 1. The van der Waals surface area contributed by atoms with E-state index in [0.29, 0.717) is 26.1 Å². The summed E-state index contributed by atoms with van der Waals surface area (Å²) < 4.78 is 25.3. The van der Waals surface area contributed by atoms with Crippen molar-refractivity contribution in [2.45, 2.75) is 25.5 Å². The molecule has 6 nitrogen and oxygen atoms in total. The van der Waals surface area contributed by atoms with Gasteiger partial charge < -0.3 is 10.0 Å². The second kappa shape index (κ2) is 6.93. The van der Waals surface area contributed by atoms with E-state index in [9.17, 15) is 13.2 Å². The summed E-state index contributed by atoms with van der Waals surface area (Å²) in [4.78, 5) is 12.6. The number of rotatable bonds is 8. The van der Waals surface area contributed by atoms with Gasteiger partial charge in [0.1, 0.15) is 0 Å². The molecule has 0 spiro atoms. The van der Waals surface area contributed by atoms with Gasteiger partial charge in [-0.25, -0.2) is 8.42 Å². The highest BCUT2D eigenvalue weighted by atomic mass is 32.2. The van der Waals surface area contributed by atoms with E-state index in [0.717, 1.165) is 0 Å². The van der Waals surface area contributed by atoms with Crippen molar-refractivity contribution in [3.63, 3.8) is 0 Å². The fourth-order valence-electron chi connectivity index (χ4n) is 1.28. The van der Waals surface area contributed by atoms with Crippen LogP contribution in [0.5, 0.6) is 0 Å². The highest BCUT2D eigenvalue weighted by Gasteiger charge is 2.33. The van der Waals surface area contributed by atoms with Crippen LogP contribution in [0.4, 0.5) is 0 Å². The summed E-state index contributed by atoms with van der Waals surface area (Å²) in [6, 6.07) is 0. The third-order valence-corrected chi connectivity index (χ3v) is 4.60. The largest absolute Gasteiger partial charge is 0.480 e. The number of likely N-dealkylation sites (N-methyl/N-ethyl adjacent to an activating group) is 1. The van der Waals surface area contributed by atoms with Crippen LogP contribution in [0.2, 0.25) is 0 Å². The maximum atomic E-state index is 12.0. The normalized spacial score (nSPS) is 14.2. The van der Waals surface area contributed by atoms with Crippen molar-refractivity contribution < 1.29 is 18.3 Å². The Morgan fingerprint density at radius 2 is 1.76 bits per heavy atom. The zero-order chi connectivity index (χ0) is 13.6. The molecular weight excluding hydrogens is 244 g/mol. The monoisotopic (exact) mass is 266 g/mol. The predicted molar refractivity (Wildman–Crippen MR) is 66.4 cm³/mol. The summed E-state index contributed by atoms with van der Waals surface area (Å²) in [7, 11) is -0.0618. The molecule has 0 radical (unpaired) electrons. The first-order chi connectivity index (χ1) is 7.73. The third kappa shape index (κ3) is 5.01. The predicted octanol–water partition coefficient (Wildman–Crippen LogP) is 0.0629. The van der Waals surface area contributed by atoms with Gasteiger partial charge in [0.15, 0.2) is 5.25 Å². The Morgan fingerprint density at radius 3 is 2.12 bits per heavy atom. The Balaban J connectivity index is 4.84. The van der Waals surface area contributed by atoms with Crippen LogP contribution in [0.15, 0.2) is 0 Å². The molecule has 1 atom stereocenters. The number of carboxylic acid groups (broad SMARTS) is 1. The summed E-state index contributed by atoms with van der Waals surface area (Å²) in [5.41, 5.74) is 0. The van der Waals surface area contributed by atoms with Gasteiger partial charge in [0.2, 0.25) is 10.0 Å². The lowest BCUT2D eigenvalue weighted by Crippen LogP contribution is -2.44. The van der Waals surface area contributed by atoms with Gasteiger partial charge in [0.05, 0.1) is 0 Å². The molecule has 0 aromatic rings. The Morgan fingerprint density at radius 1 is 1.24 bits per heavy atom. The Hall–Kier alpha value is -0.660. The average molecular weight is 266 g/mol. The molecule has 0 aromatic carbocycles. The van der Waals surface area contributed by atoms with Crippen molar-refractivity contribution in [2.24, 2.45) is 0 Å². The number of carbonyl (C=O) groups is 1. The SMILES string of the molecule is CCCN(CCN(C)C)S(=O)(=O)C(C)C(=O)O. The van der Waals surface area contributed by atoms with Crippen LogP contribution in [0.1, 0.15) is 20.3 Å². The molecule has 0 fully saturated rings. The van der Waals surface area contributed by atoms with Gasteiger partial charge in [0, 0.05) is 19.6 Å². The molecule has 7 heteroatoms. The van der Waals surface area contributed by atoms with Crippen molar-refractivity contribution in [3.8, 4) is 0 Å². The number of aliphatic carboxylic acids is 1. The van der Waals surface area contributed by atoms with Gasteiger partial charge in [-0.15, -0.1) is 0 Å². The average Bonchev–Trinajstić information content (AvgIpc) is 2.22. The van der Waals surface area contributed by atoms with Crippen LogP contribution in [0, 0.1) is 0 Å². The zero-order valence-corrected chi connectivity index (χ0v) is 11.7. The smallest absolute Gasteiger partial charge is 0.323 e. The molecule has 0 saturated carbocycles. The Bertz CT molecular complexity index is 340. The van der Waals surface area contributed by atoms with Crippen LogP contribution in [-0.4, -0.2) is 67.7 Å². The molecule has 0 amide bonds. The molecule has 0 aliphatic carbocycles. The molecule has 102 valence electrons. The third-order valence-electron chi connectivity index (χ3n) is 2.42. The Labute approximate surface area is 103 Å². The minimum atomic E-state index is -3.75. The quantitative estimate of drug-likeness (QED) is 0.672. The highest BCUT2D eigenvalue weighted by Crippen LogP contribution is 2.10. The summed E-state index contributed by atoms with van der Waals surface area (Å²) in [6.07, 6.45) is 0.666. The van der Waals surface area contributed by atoms with Crippen LogP contribution in [-0.2, 0) is 14.8 Å². The molecule has 0 aromatic heterocycles. The molecular formula is C10H22N2O4S. The zero-order valence-electron chi connectivity index (χ0n) is 10.9. The fourth-order valence-corrected chi connectivity index (χ4v) is 2.75. The van der Waals surface area contributed by atoms with Gasteiger partial charge in [-0.05, 0) is 27.4 Å². The molecule has 0 aliphatic heterocycles. The lowest BCUT2D eigenvalue weighted by molar-refractivity contribution is -0.136. The van der Waals surface area contributed by atoms with E-state index in [4.69, 9.17) is 5.11 Å². The van der Waals surface area contributed by atoms with E-state index in [1.165, 1.54) is 11.2 Å². The fraction of sp³-hybridized carbons (Fsp3) is 0.900. The van der Waals surface area contributed by atoms with E-state index in [2.05, 4.69) is 0 Å². The maximum Gasteiger partial charge on any atom is 0.323 e. The molecule has 1 unspecified atom stereocenters. The van der Waals surface area contributed by atoms with Crippen molar-refractivity contribution >= 4 is 16.0 Å². The first-order valence-electron chi connectivity index (χ1n) is 5.60. The summed E-state index contributed by atoms with van der Waals surface area (Å²) in [5.74, 6) is -1.31. The van der Waals surface area contributed by atoms with Gasteiger partial charge in [-0.2, -0.15) is 4.31 Å². The van der Waals surface area contributed by atoms with Gasteiger partial charge >= 0.3 is 5.97 Å². The molecule has 17 heavy (non-hydrogen) atoms. The Kier molecular flexibility index (Phi) is 6.66. The number of sulfonamides is 1. The van der Waals surface area contributed by atoms with Crippen molar-refractivity contribution in [1.82, 2.24) is 9.21 Å². The van der Waals surface area contributed by atoms with Crippen LogP contribution < -0.4 is 0 Å². The van der Waals surface area contributed by atoms with E-state index in [-0.39, 0.29) is 0 Å². The standard InChI is InChI=1S/C10H22N2O4S/c1-5-6-12(8-7-11(3)4)17(15,16)9(2)10(13)14/h9H,5-8H2,1-4H3,(H,13,14). The van der Waals surface area contributed by atoms with E-state index < -0.39 is 21.2 Å². The van der Waals surface area contributed by atoms with Crippen LogP contribution in [0.3, 0.4) is 0 Å². The maximum absolute atomic E-state index is 12.0. The second-order valence-corrected chi connectivity index (χ2v) is 6.48. The lowest BCUT2D eigenvalue weighted by atomic mass is 10.4. The van der Waals surface area contributed by atoms with Crippen molar-refractivity contribution in [2.75, 3.05) is 33.7 Å². The van der Waals surface area contributed by atoms with Gasteiger partial charge in [-0.3, -0.25) is 4.79 Å². The van der Waals surface area contributed by atoms with Gasteiger partial charge in [-0.1, -0.05) is 6.92 Å². The summed E-state index contributed by atoms with van der Waals surface area (Å²) >= 11 is 0.